The zero-order valence-electron chi connectivity index (χ0n) is 21.3. The summed E-state index contributed by atoms with van der Waals surface area (Å²) in [5.74, 6) is -1.59. The zero-order chi connectivity index (χ0) is 28.7. The van der Waals surface area contributed by atoms with E-state index in [2.05, 4.69) is 5.10 Å². The van der Waals surface area contributed by atoms with E-state index < -0.39 is 33.4 Å². The fraction of sp³-hybridized carbons (Fsp3) is 0.250. The highest BCUT2D eigenvalue weighted by Crippen LogP contribution is 2.46. The highest BCUT2D eigenvalue weighted by molar-refractivity contribution is 7.89. The number of hydrogen-bond donors (Lipinski definition) is 1. The van der Waals surface area contributed by atoms with Gasteiger partial charge in [-0.2, -0.15) is 14.4 Å². The van der Waals surface area contributed by atoms with Gasteiger partial charge in [-0.25, -0.2) is 8.42 Å². The Morgan fingerprint density at radius 1 is 1.10 bits per heavy atom. The minimum Gasteiger partial charge on any atom is -0.489 e. The number of carbonyl (C=O) groups excluding carboxylic acids is 1. The molecule has 5 rings (SSSR count). The number of carboxylic acids is 1. The smallest absolute Gasteiger partial charge is 0.323 e. The predicted molar refractivity (Wildman–Crippen MR) is 151 cm³/mol. The summed E-state index contributed by atoms with van der Waals surface area (Å²) in [5, 5.41) is 16.9. The van der Waals surface area contributed by atoms with Crippen LogP contribution in [-0.2, 0) is 26.2 Å². The number of piperidine rings is 1. The van der Waals surface area contributed by atoms with Crippen LogP contribution in [0, 0.1) is 5.41 Å². The molecule has 0 unspecified atom stereocenters. The van der Waals surface area contributed by atoms with Crippen molar-refractivity contribution in [3.63, 3.8) is 0 Å². The van der Waals surface area contributed by atoms with Gasteiger partial charge in [-0.1, -0.05) is 54.4 Å². The predicted octanol–water partition coefficient (Wildman–Crippen LogP) is 5.22. The van der Waals surface area contributed by atoms with Crippen molar-refractivity contribution >= 4 is 56.5 Å². The Bertz CT molecular complexity index is 1600. The van der Waals surface area contributed by atoms with Crippen molar-refractivity contribution in [1.29, 1.82) is 0 Å². The van der Waals surface area contributed by atoms with Crippen LogP contribution in [0.15, 0.2) is 82.8 Å². The molecule has 0 aliphatic carbocycles. The van der Waals surface area contributed by atoms with E-state index in [9.17, 15) is 23.1 Å². The molecule has 9 nitrogen and oxygen atoms in total. The number of sulfonamides is 1. The third kappa shape index (κ3) is 4.75. The van der Waals surface area contributed by atoms with Crippen LogP contribution in [0.3, 0.4) is 0 Å². The quantitative estimate of drug-likeness (QED) is 0.378. The Kier molecular flexibility index (Phi) is 7.62. The third-order valence-corrected chi connectivity index (χ3v) is 9.73. The van der Waals surface area contributed by atoms with Gasteiger partial charge in [0, 0.05) is 28.6 Å². The first-order chi connectivity index (χ1) is 19.1. The van der Waals surface area contributed by atoms with Crippen LogP contribution < -0.4 is 9.75 Å². The van der Waals surface area contributed by atoms with E-state index in [1.54, 1.807) is 55.5 Å². The summed E-state index contributed by atoms with van der Waals surface area (Å²) >= 11 is 12.1. The largest absolute Gasteiger partial charge is 0.489 e. The standard InChI is InChI=1S/C28H25Cl2N3O6S/c1-2-28-24(31-33(27(28)36)20-6-4-3-5-7-20)14-15-32(25(28)26(34)35)40(37,38)22-12-10-21(11-13-22)39-17-18-8-9-19(29)16-23(18)30/h3-13,16,25H,2,14-15,17H2,1H3,(H,34,35)/t25-,28-/m0/s1. The second-order valence-corrected chi connectivity index (χ2v) is 12.2. The molecule has 3 aromatic carbocycles. The number of fused-ring (bicyclic) bond motifs is 1. The number of benzene rings is 3. The van der Waals surface area contributed by atoms with E-state index in [0.717, 1.165) is 4.31 Å². The summed E-state index contributed by atoms with van der Waals surface area (Å²) in [6.45, 7) is 1.67. The Balaban J connectivity index is 1.42. The summed E-state index contributed by atoms with van der Waals surface area (Å²) < 4.78 is 34.3. The van der Waals surface area contributed by atoms with Gasteiger partial charge < -0.3 is 9.84 Å². The molecule has 2 aliphatic heterocycles. The number of rotatable bonds is 8. The van der Waals surface area contributed by atoms with E-state index in [-0.39, 0.29) is 30.9 Å². The van der Waals surface area contributed by atoms with Gasteiger partial charge in [0.1, 0.15) is 23.8 Å². The van der Waals surface area contributed by atoms with Crippen LogP contribution in [-0.4, -0.2) is 48.0 Å². The average Bonchev–Trinajstić information content (AvgIpc) is 3.25. The molecular formula is C28H25Cl2N3O6S. The van der Waals surface area contributed by atoms with E-state index in [4.69, 9.17) is 27.9 Å². The van der Waals surface area contributed by atoms with Crippen molar-refractivity contribution in [3.8, 4) is 5.75 Å². The molecule has 0 radical (unpaired) electrons. The lowest BCUT2D eigenvalue weighted by atomic mass is 9.70. The summed E-state index contributed by atoms with van der Waals surface area (Å²) in [7, 11) is -4.31. The lowest BCUT2D eigenvalue weighted by molar-refractivity contribution is -0.149. The molecule has 0 bridgehead atoms. The van der Waals surface area contributed by atoms with E-state index in [1.165, 1.54) is 29.3 Å². The molecule has 40 heavy (non-hydrogen) atoms. The number of aliphatic carboxylic acids is 1. The van der Waals surface area contributed by atoms with Crippen molar-refractivity contribution in [3.05, 3.63) is 88.4 Å². The van der Waals surface area contributed by atoms with Gasteiger partial charge in [-0.15, -0.1) is 0 Å². The minimum absolute atomic E-state index is 0.0665. The van der Waals surface area contributed by atoms with Crippen molar-refractivity contribution < 1.29 is 27.9 Å². The molecule has 1 amide bonds. The van der Waals surface area contributed by atoms with Gasteiger partial charge in [0.25, 0.3) is 5.91 Å². The fourth-order valence-corrected chi connectivity index (χ4v) is 7.33. The normalized spacial score (nSPS) is 21.2. The first kappa shape index (κ1) is 28.1. The zero-order valence-corrected chi connectivity index (χ0v) is 23.7. The molecule has 1 N–H and O–H groups in total. The number of halogens is 2. The van der Waals surface area contributed by atoms with Crippen LogP contribution in [0.25, 0.3) is 0 Å². The molecule has 0 spiro atoms. The molecule has 2 aliphatic rings. The van der Waals surface area contributed by atoms with Crippen molar-refractivity contribution in [2.75, 3.05) is 11.6 Å². The Morgan fingerprint density at radius 2 is 1.80 bits per heavy atom. The maximum absolute atomic E-state index is 13.8. The molecule has 2 heterocycles. The Morgan fingerprint density at radius 3 is 2.42 bits per heavy atom. The summed E-state index contributed by atoms with van der Waals surface area (Å²) in [6, 6.07) is 17.7. The second kappa shape index (κ2) is 10.9. The highest BCUT2D eigenvalue weighted by Gasteiger charge is 2.63. The van der Waals surface area contributed by atoms with Crippen LogP contribution in [0.4, 0.5) is 5.69 Å². The van der Waals surface area contributed by atoms with Crippen LogP contribution in [0.1, 0.15) is 25.3 Å². The topological polar surface area (TPSA) is 117 Å². The summed E-state index contributed by atoms with van der Waals surface area (Å²) in [5.41, 5.74) is -0.0782. The van der Waals surface area contributed by atoms with Crippen LogP contribution >= 0.6 is 23.2 Å². The maximum Gasteiger partial charge on any atom is 0.323 e. The number of hydrazone groups is 1. The number of nitrogens with zero attached hydrogens (tertiary/aromatic N) is 3. The lowest BCUT2D eigenvalue weighted by Gasteiger charge is -2.43. The minimum atomic E-state index is -4.31. The number of para-hydroxylation sites is 1. The third-order valence-electron chi connectivity index (χ3n) is 7.27. The van der Waals surface area contributed by atoms with Crippen molar-refractivity contribution in [2.45, 2.75) is 37.3 Å². The van der Waals surface area contributed by atoms with Gasteiger partial charge >= 0.3 is 5.97 Å². The number of hydrogen-bond acceptors (Lipinski definition) is 6. The molecule has 1 saturated heterocycles. The molecule has 0 aromatic heterocycles. The number of ether oxygens (including phenoxy) is 1. The number of amides is 1. The molecule has 12 heteroatoms. The van der Waals surface area contributed by atoms with Gasteiger partial charge in [0.15, 0.2) is 0 Å². The SMILES string of the molecule is CC[C@]12C(=O)N(c3ccccc3)N=C1CCN(S(=O)(=O)c1ccc(OCc3ccc(Cl)cc3Cl)cc1)[C@H]2C(=O)O. The number of anilines is 1. The molecule has 0 saturated carbocycles. The van der Waals surface area contributed by atoms with Gasteiger partial charge in [-0.3, -0.25) is 9.59 Å². The monoisotopic (exact) mass is 601 g/mol. The second-order valence-electron chi connectivity index (χ2n) is 9.43. The molecule has 3 aromatic rings. The van der Waals surface area contributed by atoms with Crippen LogP contribution in [0.5, 0.6) is 5.75 Å². The molecule has 208 valence electrons. The number of carbonyl (C=O) groups is 2. The Hall–Kier alpha value is -3.44. The van der Waals surface area contributed by atoms with E-state index in [0.29, 0.717) is 32.8 Å². The number of carboxylic acid groups (broad SMARTS) is 1. The first-order valence-corrected chi connectivity index (χ1v) is 14.7. The first-order valence-electron chi connectivity index (χ1n) is 12.5. The van der Waals surface area contributed by atoms with Crippen molar-refractivity contribution in [1.82, 2.24) is 4.31 Å². The average molecular weight is 602 g/mol. The van der Waals surface area contributed by atoms with Gasteiger partial charge in [0.2, 0.25) is 10.0 Å². The Labute approximate surface area is 241 Å². The van der Waals surface area contributed by atoms with Crippen LogP contribution in [0.2, 0.25) is 10.0 Å². The fourth-order valence-electron chi connectivity index (χ4n) is 5.24. The summed E-state index contributed by atoms with van der Waals surface area (Å²) in [4.78, 5) is 26.4. The van der Waals surface area contributed by atoms with E-state index >= 15 is 0 Å². The lowest BCUT2D eigenvalue weighted by Crippen LogP contribution is -2.64. The van der Waals surface area contributed by atoms with Gasteiger partial charge in [0.05, 0.1) is 16.3 Å². The van der Waals surface area contributed by atoms with Crippen molar-refractivity contribution in [2.24, 2.45) is 10.5 Å². The highest BCUT2D eigenvalue weighted by atomic mass is 35.5. The molecular weight excluding hydrogens is 577 g/mol. The molecule has 1 fully saturated rings. The molecule has 2 atom stereocenters. The maximum atomic E-state index is 13.8. The van der Waals surface area contributed by atoms with E-state index in [1.807, 2.05) is 0 Å². The summed E-state index contributed by atoms with van der Waals surface area (Å²) in [6.07, 6.45) is 0.187. The van der Waals surface area contributed by atoms with Gasteiger partial charge in [-0.05, 0) is 55.0 Å².